The first kappa shape index (κ1) is 20.1. The second-order valence-corrected chi connectivity index (χ2v) is 6.20. The quantitative estimate of drug-likeness (QED) is 0.432. The van der Waals surface area contributed by atoms with Gasteiger partial charge in [0.2, 0.25) is 0 Å². The number of rotatable bonds is 8. The number of non-ortho nitro benzene ring substituents is 1. The molecule has 7 nitrogen and oxygen atoms in total. The Morgan fingerprint density at radius 1 is 1.19 bits per heavy atom. The lowest BCUT2D eigenvalue weighted by atomic mass is 9.99. The van der Waals surface area contributed by atoms with Crippen molar-refractivity contribution in [3.63, 3.8) is 0 Å². The van der Waals surface area contributed by atoms with E-state index in [2.05, 4.69) is 24.4 Å². The number of benzene rings is 2. The monoisotopic (exact) mass is 369 g/mol. The summed E-state index contributed by atoms with van der Waals surface area (Å²) in [6, 6.07) is 13.6. The van der Waals surface area contributed by atoms with Crippen LogP contribution < -0.4 is 10.2 Å². The van der Waals surface area contributed by atoms with Gasteiger partial charge in [-0.1, -0.05) is 26.0 Å². The minimum absolute atomic E-state index is 0.00309. The molecule has 0 saturated carbocycles. The van der Waals surface area contributed by atoms with Gasteiger partial charge in [-0.15, -0.1) is 0 Å². The van der Waals surface area contributed by atoms with E-state index in [-0.39, 0.29) is 18.2 Å². The lowest BCUT2D eigenvalue weighted by Gasteiger charge is -2.10. The molecule has 0 bridgehead atoms. The molecule has 1 atom stereocenters. The Labute approximate surface area is 158 Å². The highest BCUT2D eigenvalue weighted by molar-refractivity contribution is 5.99. The summed E-state index contributed by atoms with van der Waals surface area (Å²) in [5.41, 5.74) is 4.88. The average Bonchev–Trinajstić information content (AvgIpc) is 2.70. The first-order chi connectivity index (χ1) is 12.9. The molecule has 0 spiro atoms. The predicted molar refractivity (Wildman–Crippen MR) is 104 cm³/mol. The van der Waals surface area contributed by atoms with E-state index in [1.54, 1.807) is 19.1 Å². The summed E-state index contributed by atoms with van der Waals surface area (Å²) < 4.78 is 5.46. The average molecular weight is 369 g/mol. The molecule has 0 fully saturated rings. The van der Waals surface area contributed by atoms with E-state index in [9.17, 15) is 14.9 Å². The van der Waals surface area contributed by atoms with Crippen molar-refractivity contribution in [2.75, 3.05) is 6.61 Å². The highest BCUT2D eigenvalue weighted by Crippen LogP contribution is 2.21. The Hall–Kier alpha value is -3.22. The predicted octanol–water partition coefficient (Wildman–Crippen LogP) is 4.03. The molecule has 0 aromatic heterocycles. The molecule has 0 aliphatic carbocycles. The van der Waals surface area contributed by atoms with Crippen LogP contribution in [0.2, 0.25) is 0 Å². The normalized spacial score (nSPS) is 12.3. The van der Waals surface area contributed by atoms with Gasteiger partial charge in [-0.3, -0.25) is 14.9 Å². The van der Waals surface area contributed by atoms with Gasteiger partial charge in [0.15, 0.2) is 6.61 Å². The molecular weight excluding hydrogens is 346 g/mol. The molecule has 142 valence electrons. The molecule has 0 radical (unpaired) electrons. The van der Waals surface area contributed by atoms with Gasteiger partial charge < -0.3 is 4.74 Å². The third-order valence-corrected chi connectivity index (χ3v) is 4.28. The maximum atomic E-state index is 11.9. The zero-order valence-corrected chi connectivity index (χ0v) is 15.6. The van der Waals surface area contributed by atoms with Gasteiger partial charge in [-0.05, 0) is 54.7 Å². The van der Waals surface area contributed by atoms with Crippen LogP contribution in [0.5, 0.6) is 5.75 Å². The number of hydrazone groups is 1. The van der Waals surface area contributed by atoms with Crippen LogP contribution in [0.25, 0.3) is 0 Å². The number of nitro groups is 1. The van der Waals surface area contributed by atoms with E-state index in [1.807, 2.05) is 24.3 Å². The van der Waals surface area contributed by atoms with Gasteiger partial charge in [0.1, 0.15) is 5.75 Å². The van der Waals surface area contributed by atoms with Crippen molar-refractivity contribution < 1.29 is 14.5 Å². The summed E-state index contributed by atoms with van der Waals surface area (Å²) >= 11 is 0. The molecule has 0 aliphatic rings. The van der Waals surface area contributed by atoms with Gasteiger partial charge >= 0.3 is 0 Å². The minimum atomic E-state index is -0.467. The third kappa shape index (κ3) is 5.91. The zero-order valence-electron chi connectivity index (χ0n) is 15.6. The number of nitro benzene ring substituents is 1. The van der Waals surface area contributed by atoms with Crippen LogP contribution in [-0.2, 0) is 4.79 Å². The molecule has 2 rings (SSSR count). The summed E-state index contributed by atoms with van der Waals surface area (Å²) in [5.74, 6) is 0.717. The van der Waals surface area contributed by atoms with Crippen molar-refractivity contribution in [1.29, 1.82) is 0 Å². The summed E-state index contributed by atoms with van der Waals surface area (Å²) in [5, 5.41) is 14.7. The van der Waals surface area contributed by atoms with Crippen molar-refractivity contribution in [3.8, 4) is 5.75 Å². The number of carbonyl (C=O) groups excluding carboxylic acids is 1. The molecular formula is C20H23N3O4. The maximum Gasteiger partial charge on any atom is 0.277 e. The summed E-state index contributed by atoms with van der Waals surface area (Å²) in [4.78, 5) is 22.1. The first-order valence-corrected chi connectivity index (χ1v) is 8.71. The fraction of sp³-hybridized carbons (Fsp3) is 0.300. The Morgan fingerprint density at radius 2 is 1.81 bits per heavy atom. The lowest BCUT2D eigenvalue weighted by Crippen LogP contribution is -2.25. The van der Waals surface area contributed by atoms with E-state index in [0.717, 1.165) is 6.42 Å². The molecule has 0 aliphatic heterocycles. The molecule has 2 aromatic rings. The Kier molecular flexibility index (Phi) is 7.05. The van der Waals surface area contributed by atoms with E-state index in [1.165, 1.54) is 17.7 Å². The SMILES string of the molecule is CCC(C)c1ccc(OCC(=O)NN=C(C)c2ccc([N+](=O)[O-])cc2)cc1. The minimum Gasteiger partial charge on any atom is -0.484 e. The highest BCUT2D eigenvalue weighted by Gasteiger charge is 2.07. The molecule has 27 heavy (non-hydrogen) atoms. The van der Waals surface area contributed by atoms with Gasteiger partial charge in [-0.2, -0.15) is 5.10 Å². The topological polar surface area (TPSA) is 93.8 Å². The molecule has 1 unspecified atom stereocenters. The molecule has 1 N–H and O–H groups in total. The van der Waals surface area contributed by atoms with Gasteiger partial charge in [0.05, 0.1) is 10.6 Å². The number of amides is 1. The fourth-order valence-corrected chi connectivity index (χ4v) is 2.34. The van der Waals surface area contributed by atoms with Crippen LogP contribution in [0.3, 0.4) is 0 Å². The number of nitrogens with zero attached hydrogens (tertiary/aromatic N) is 2. The van der Waals surface area contributed by atoms with Crippen molar-refractivity contribution in [2.45, 2.75) is 33.1 Å². The lowest BCUT2D eigenvalue weighted by molar-refractivity contribution is -0.384. The Morgan fingerprint density at radius 3 is 2.37 bits per heavy atom. The maximum absolute atomic E-state index is 11.9. The van der Waals surface area contributed by atoms with Crippen molar-refractivity contribution in [2.24, 2.45) is 5.10 Å². The molecule has 1 amide bonds. The first-order valence-electron chi connectivity index (χ1n) is 8.71. The van der Waals surface area contributed by atoms with Crippen LogP contribution in [0.15, 0.2) is 53.6 Å². The Bertz CT molecular complexity index is 814. The zero-order chi connectivity index (χ0) is 19.8. The molecule has 7 heteroatoms. The van der Waals surface area contributed by atoms with Crippen molar-refractivity contribution >= 4 is 17.3 Å². The van der Waals surface area contributed by atoms with Crippen molar-refractivity contribution in [1.82, 2.24) is 5.43 Å². The molecule has 2 aromatic carbocycles. The second kappa shape index (κ2) is 9.47. The third-order valence-electron chi connectivity index (χ3n) is 4.28. The number of hydrogen-bond donors (Lipinski definition) is 1. The highest BCUT2D eigenvalue weighted by atomic mass is 16.6. The Balaban J connectivity index is 1.86. The van der Waals surface area contributed by atoms with E-state index in [4.69, 9.17) is 4.74 Å². The number of hydrogen-bond acceptors (Lipinski definition) is 5. The van der Waals surface area contributed by atoms with E-state index >= 15 is 0 Å². The summed E-state index contributed by atoms with van der Waals surface area (Å²) in [7, 11) is 0. The number of nitrogens with one attached hydrogen (secondary N) is 1. The fourth-order valence-electron chi connectivity index (χ4n) is 2.34. The number of ether oxygens (including phenoxy) is 1. The number of carbonyl (C=O) groups is 1. The van der Waals surface area contributed by atoms with Gasteiger partial charge in [0.25, 0.3) is 11.6 Å². The van der Waals surface area contributed by atoms with Crippen LogP contribution in [-0.4, -0.2) is 23.1 Å². The smallest absolute Gasteiger partial charge is 0.277 e. The largest absolute Gasteiger partial charge is 0.484 e. The van der Waals surface area contributed by atoms with Gasteiger partial charge in [-0.25, -0.2) is 5.43 Å². The summed E-state index contributed by atoms with van der Waals surface area (Å²) in [6.45, 7) is 5.85. The second-order valence-electron chi connectivity index (χ2n) is 6.20. The van der Waals surface area contributed by atoms with Crippen LogP contribution in [0.4, 0.5) is 5.69 Å². The van der Waals surface area contributed by atoms with Crippen LogP contribution in [0.1, 0.15) is 44.2 Å². The van der Waals surface area contributed by atoms with Crippen molar-refractivity contribution in [3.05, 3.63) is 69.8 Å². The summed E-state index contributed by atoms with van der Waals surface area (Å²) in [6.07, 6.45) is 1.06. The van der Waals surface area contributed by atoms with Gasteiger partial charge in [0, 0.05) is 12.1 Å². The van der Waals surface area contributed by atoms with E-state index in [0.29, 0.717) is 22.9 Å². The van der Waals surface area contributed by atoms with E-state index < -0.39 is 4.92 Å². The molecule has 0 saturated heterocycles. The van der Waals surface area contributed by atoms with Crippen LogP contribution in [0, 0.1) is 10.1 Å². The van der Waals surface area contributed by atoms with Crippen LogP contribution >= 0.6 is 0 Å². The standard InChI is InChI=1S/C20H23N3O4/c1-4-14(2)16-7-11-19(12-8-16)27-13-20(24)22-21-15(3)17-5-9-18(10-6-17)23(25)26/h5-12,14H,4,13H2,1-3H3,(H,22,24). The molecule has 0 heterocycles.